The van der Waals surface area contributed by atoms with Gasteiger partial charge in [0.25, 0.3) is 0 Å². The maximum Gasteiger partial charge on any atom is 0.412 e. The van der Waals surface area contributed by atoms with Crippen molar-refractivity contribution in [2.45, 2.75) is 20.0 Å². The van der Waals surface area contributed by atoms with Crippen LogP contribution in [0.3, 0.4) is 0 Å². The molecule has 0 saturated carbocycles. The molecule has 9 heteroatoms. The molecule has 0 spiro atoms. The highest BCUT2D eigenvalue weighted by Crippen LogP contribution is 2.40. The van der Waals surface area contributed by atoms with Crippen LogP contribution < -0.4 is 10.5 Å². The lowest BCUT2D eigenvalue weighted by molar-refractivity contribution is 0.0640. The summed E-state index contributed by atoms with van der Waals surface area (Å²) in [6, 6.07) is 10.4. The van der Waals surface area contributed by atoms with Crippen LogP contribution in [0.4, 0.5) is 9.18 Å². The minimum absolute atomic E-state index is 0.0230. The van der Waals surface area contributed by atoms with Crippen molar-refractivity contribution in [3.8, 4) is 28.3 Å². The Hall–Kier alpha value is -4.14. The van der Waals surface area contributed by atoms with E-state index in [0.29, 0.717) is 33.5 Å². The van der Waals surface area contributed by atoms with Gasteiger partial charge in [-0.3, -0.25) is 5.10 Å². The van der Waals surface area contributed by atoms with E-state index in [9.17, 15) is 14.0 Å². The summed E-state index contributed by atoms with van der Waals surface area (Å²) < 4.78 is 29.9. The van der Waals surface area contributed by atoms with Crippen molar-refractivity contribution in [3.05, 3.63) is 60.0 Å². The smallest absolute Gasteiger partial charge is 0.412 e. The first-order chi connectivity index (χ1) is 14.8. The molecule has 4 aromatic rings. The van der Waals surface area contributed by atoms with Gasteiger partial charge in [0.05, 0.1) is 11.8 Å². The van der Waals surface area contributed by atoms with Gasteiger partial charge >= 0.3 is 12.1 Å². The number of hydrogen-bond donors (Lipinski definition) is 2. The number of halogens is 1. The zero-order valence-electron chi connectivity index (χ0n) is 16.6. The summed E-state index contributed by atoms with van der Waals surface area (Å²) in [7, 11) is 0. The average Bonchev–Trinajstić information content (AvgIpc) is 3.34. The second-order valence-electron chi connectivity index (χ2n) is 7.00. The SMILES string of the molecule is CC(C)Oc1cc2c(C(=O)OC(N)=O)c(-c3ccc(F)cc3)oc2cc1-c1ccn[nH]1. The maximum atomic E-state index is 13.4. The van der Waals surface area contributed by atoms with E-state index < -0.39 is 17.9 Å². The number of H-pyrrole nitrogens is 1. The molecule has 0 aliphatic heterocycles. The van der Waals surface area contributed by atoms with E-state index in [4.69, 9.17) is 14.9 Å². The summed E-state index contributed by atoms with van der Waals surface area (Å²) in [6.45, 7) is 3.73. The molecule has 0 aliphatic carbocycles. The van der Waals surface area contributed by atoms with Crippen molar-refractivity contribution >= 4 is 23.0 Å². The van der Waals surface area contributed by atoms with Crippen molar-refractivity contribution in [2.75, 3.05) is 0 Å². The van der Waals surface area contributed by atoms with Crippen LogP contribution in [0.2, 0.25) is 0 Å². The molecule has 0 radical (unpaired) electrons. The Morgan fingerprint density at radius 2 is 1.90 bits per heavy atom. The van der Waals surface area contributed by atoms with Gasteiger partial charge in [0.1, 0.15) is 28.5 Å². The third-order valence-electron chi connectivity index (χ3n) is 4.45. The summed E-state index contributed by atoms with van der Waals surface area (Å²) in [5, 5.41) is 7.19. The molecule has 8 nitrogen and oxygen atoms in total. The standard InChI is InChI=1S/C22H18FN3O5/c1-11(2)29-17-10-15-18(9-14(17)16-7-8-25-26-16)30-20(12-3-5-13(23)6-4-12)19(15)21(27)31-22(24)28/h3-11H,1-2H3,(H2,24,28)(H,25,26). The van der Waals surface area contributed by atoms with E-state index in [1.807, 2.05) is 13.8 Å². The lowest BCUT2D eigenvalue weighted by atomic mass is 10.0. The first-order valence-corrected chi connectivity index (χ1v) is 9.38. The van der Waals surface area contributed by atoms with E-state index in [1.54, 1.807) is 24.4 Å². The number of carbonyl (C=O) groups is 2. The van der Waals surface area contributed by atoms with Gasteiger partial charge in [-0.1, -0.05) is 0 Å². The second-order valence-corrected chi connectivity index (χ2v) is 7.00. The quantitative estimate of drug-likeness (QED) is 0.356. The zero-order valence-corrected chi connectivity index (χ0v) is 16.6. The Kier molecular flexibility index (Phi) is 5.16. The molecular formula is C22H18FN3O5. The van der Waals surface area contributed by atoms with Gasteiger partial charge in [-0.25, -0.2) is 14.0 Å². The van der Waals surface area contributed by atoms with Gasteiger partial charge in [0, 0.05) is 22.7 Å². The van der Waals surface area contributed by atoms with Crippen LogP contribution >= 0.6 is 0 Å². The predicted octanol–water partition coefficient (Wildman–Crippen LogP) is 4.65. The van der Waals surface area contributed by atoms with E-state index in [-0.39, 0.29) is 17.4 Å². The first kappa shape index (κ1) is 20.1. The maximum absolute atomic E-state index is 13.4. The highest BCUT2D eigenvalue weighted by molar-refractivity contribution is 6.12. The number of aromatic nitrogens is 2. The first-order valence-electron chi connectivity index (χ1n) is 9.38. The molecule has 0 atom stereocenters. The fourth-order valence-corrected chi connectivity index (χ4v) is 3.24. The molecule has 2 aromatic carbocycles. The molecule has 0 unspecified atom stereocenters. The Bertz CT molecular complexity index is 1260. The highest BCUT2D eigenvalue weighted by Gasteiger charge is 2.27. The fourth-order valence-electron chi connectivity index (χ4n) is 3.24. The van der Waals surface area contributed by atoms with Crippen LogP contribution in [0.15, 0.2) is 53.1 Å². The van der Waals surface area contributed by atoms with Crippen molar-refractivity contribution in [1.29, 1.82) is 0 Å². The number of aromatic amines is 1. The topological polar surface area (TPSA) is 120 Å². The number of furan rings is 1. The van der Waals surface area contributed by atoms with Gasteiger partial charge in [-0.05, 0) is 56.3 Å². The van der Waals surface area contributed by atoms with Crippen LogP contribution in [0.1, 0.15) is 24.2 Å². The van der Waals surface area contributed by atoms with Crippen LogP contribution in [-0.4, -0.2) is 28.4 Å². The monoisotopic (exact) mass is 423 g/mol. The molecule has 0 saturated heterocycles. The predicted molar refractivity (Wildman–Crippen MR) is 110 cm³/mol. The molecule has 2 heterocycles. The number of fused-ring (bicyclic) bond motifs is 1. The molecule has 2 aromatic heterocycles. The van der Waals surface area contributed by atoms with Crippen LogP contribution in [0.25, 0.3) is 33.6 Å². The molecule has 0 aliphatic rings. The van der Waals surface area contributed by atoms with Gasteiger partial charge in [0.2, 0.25) is 0 Å². The van der Waals surface area contributed by atoms with E-state index in [1.165, 1.54) is 24.3 Å². The molecular weight excluding hydrogens is 405 g/mol. The summed E-state index contributed by atoms with van der Waals surface area (Å²) in [4.78, 5) is 23.9. The number of amides is 1. The van der Waals surface area contributed by atoms with Gasteiger partial charge in [-0.2, -0.15) is 5.10 Å². The van der Waals surface area contributed by atoms with Crippen molar-refractivity contribution < 1.29 is 27.9 Å². The molecule has 1 amide bonds. The van der Waals surface area contributed by atoms with Gasteiger partial charge in [0.15, 0.2) is 0 Å². The van der Waals surface area contributed by atoms with Crippen LogP contribution in [0.5, 0.6) is 5.75 Å². The Morgan fingerprint density at radius 1 is 1.16 bits per heavy atom. The van der Waals surface area contributed by atoms with Crippen molar-refractivity contribution in [1.82, 2.24) is 10.2 Å². The average molecular weight is 423 g/mol. The molecule has 3 N–H and O–H groups in total. The summed E-state index contributed by atoms with van der Waals surface area (Å²) >= 11 is 0. The largest absolute Gasteiger partial charge is 0.490 e. The van der Waals surface area contributed by atoms with Gasteiger partial charge in [-0.15, -0.1) is 0 Å². The fraction of sp³-hybridized carbons (Fsp3) is 0.136. The van der Waals surface area contributed by atoms with Crippen molar-refractivity contribution in [2.24, 2.45) is 5.73 Å². The Labute approximate surface area is 175 Å². The zero-order chi connectivity index (χ0) is 22.1. The second kappa shape index (κ2) is 7.94. The van der Waals surface area contributed by atoms with Crippen LogP contribution in [-0.2, 0) is 4.74 Å². The van der Waals surface area contributed by atoms with Crippen molar-refractivity contribution in [3.63, 3.8) is 0 Å². The number of ether oxygens (including phenoxy) is 2. The lowest BCUT2D eigenvalue weighted by Gasteiger charge is -2.13. The lowest BCUT2D eigenvalue weighted by Crippen LogP contribution is -2.18. The number of rotatable bonds is 5. The van der Waals surface area contributed by atoms with E-state index >= 15 is 0 Å². The summed E-state index contributed by atoms with van der Waals surface area (Å²) in [5.74, 6) is -0.865. The number of carbonyl (C=O) groups excluding carboxylic acids is 2. The van der Waals surface area contributed by atoms with Gasteiger partial charge < -0.3 is 19.6 Å². The number of benzene rings is 2. The molecule has 158 valence electrons. The normalized spacial score (nSPS) is 11.1. The number of nitrogens with zero attached hydrogens (tertiary/aromatic N) is 1. The molecule has 4 rings (SSSR count). The number of esters is 1. The minimum atomic E-state index is -1.25. The minimum Gasteiger partial charge on any atom is -0.490 e. The molecule has 0 bridgehead atoms. The Morgan fingerprint density at radius 3 is 2.52 bits per heavy atom. The third kappa shape index (κ3) is 3.97. The number of nitrogens with one attached hydrogen (secondary N) is 1. The van der Waals surface area contributed by atoms with Crippen LogP contribution in [0, 0.1) is 5.82 Å². The molecule has 31 heavy (non-hydrogen) atoms. The van der Waals surface area contributed by atoms with E-state index in [2.05, 4.69) is 14.9 Å². The number of primary amides is 1. The molecule has 0 fully saturated rings. The Balaban J connectivity index is 1.99. The highest BCUT2D eigenvalue weighted by atomic mass is 19.1. The number of hydrogen-bond acceptors (Lipinski definition) is 6. The third-order valence-corrected chi connectivity index (χ3v) is 4.45. The summed E-state index contributed by atoms with van der Waals surface area (Å²) in [6.07, 6.45) is 0.182. The van der Waals surface area contributed by atoms with E-state index in [0.717, 1.165) is 0 Å². The summed E-state index contributed by atoms with van der Waals surface area (Å²) in [5.41, 5.74) is 7.10. The number of nitrogens with two attached hydrogens (primary N) is 1.